The zero-order valence-corrected chi connectivity index (χ0v) is 14.7. The highest BCUT2D eigenvalue weighted by atomic mass is 79.9. The third kappa shape index (κ3) is 2.87. The molecule has 0 atom stereocenters. The van der Waals surface area contributed by atoms with Crippen LogP contribution in [-0.4, -0.2) is 4.98 Å². The summed E-state index contributed by atoms with van der Waals surface area (Å²) in [5, 5.41) is 1.05. The standard InChI is InChI=1S/C16H11Br2NS/c1-10-15(11-4-2-6-13(17)8-11)19-16(20-10)12-5-3-7-14(18)9-12/h2-9H,1H3. The van der Waals surface area contributed by atoms with Crippen LogP contribution in [0.2, 0.25) is 0 Å². The average molecular weight is 409 g/mol. The molecule has 100 valence electrons. The van der Waals surface area contributed by atoms with Crippen LogP contribution in [0.4, 0.5) is 0 Å². The fraction of sp³-hybridized carbons (Fsp3) is 0.0625. The van der Waals surface area contributed by atoms with Crippen molar-refractivity contribution in [3.8, 4) is 21.8 Å². The Kier molecular flexibility index (Phi) is 4.06. The molecular weight excluding hydrogens is 398 g/mol. The van der Waals surface area contributed by atoms with E-state index in [2.05, 4.69) is 63.0 Å². The fourth-order valence-corrected chi connectivity index (χ4v) is 3.78. The molecule has 0 N–H and O–H groups in total. The number of halogens is 2. The van der Waals surface area contributed by atoms with Gasteiger partial charge in [0.1, 0.15) is 5.01 Å². The van der Waals surface area contributed by atoms with E-state index >= 15 is 0 Å². The van der Waals surface area contributed by atoms with E-state index in [9.17, 15) is 0 Å². The molecule has 3 aromatic rings. The van der Waals surface area contributed by atoms with E-state index in [1.165, 1.54) is 4.88 Å². The highest BCUT2D eigenvalue weighted by Gasteiger charge is 2.11. The van der Waals surface area contributed by atoms with Gasteiger partial charge in [-0.3, -0.25) is 0 Å². The summed E-state index contributed by atoms with van der Waals surface area (Å²) in [5.41, 5.74) is 3.36. The van der Waals surface area contributed by atoms with Crippen LogP contribution in [0.25, 0.3) is 21.8 Å². The van der Waals surface area contributed by atoms with E-state index in [4.69, 9.17) is 4.98 Å². The summed E-state index contributed by atoms with van der Waals surface area (Å²) < 4.78 is 2.15. The van der Waals surface area contributed by atoms with E-state index in [-0.39, 0.29) is 0 Å². The number of rotatable bonds is 2. The molecule has 0 saturated heterocycles. The number of hydrogen-bond donors (Lipinski definition) is 0. The average Bonchev–Trinajstić information content (AvgIpc) is 2.81. The molecule has 20 heavy (non-hydrogen) atoms. The minimum Gasteiger partial charge on any atom is -0.236 e. The van der Waals surface area contributed by atoms with Crippen LogP contribution >= 0.6 is 43.2 Å². The van der Waals surface area contributed by atoms with Gasteiger partial charge in [-0.05, 0) is 31.2 Å². The van der Waals surface area contributed by atoms with Crippen molar-refractivity contribution in [1.82, 2.24) is 4.98 Å². The van der Waals surface area contributed by atoms with E-state index in [1.807, 2.05) is 24.3 Å². The number of hydrogen-bond acceptors (Lipinski definition) is 2. The summed E-state index contributed by atoms with van der Waals surface area (Å²) in [6.07, 6.45) is 0. The van der Waals surface area contributed by atoms with Gasteiger partial charge >= 0.3 is 0 Å². The lowest BCUT2D eigenvalue weighted by Crippen LogP contribution is -1.81. The van der Waals surface area contributed by atoms with Crippen molar-refractivity contribution in [2.45, 2.75) is 6.92 Å². The first-order valence-corrected chi connectivity index (χ1v) is 8.53. The van der Waals surface area contributed by atoms with E-state index in [0.29, 0.717) is 0 Å². The molecule has 0 aliphatic carbocycles. The van der Waals surface area contributed by atoms with Crippen LogP contribution in [0.1, 0.15) is 4.88 Å². The highest BCUT2D eigenvalue weighted by Crippen LogP contribution is 2.34. The van der Waals surface area contributed by atoms with Crippen LogP contribution in [0, 0.1) is 6.92 Å². The van der Waals surface area contributed by atoms with Crippen molar-refractivity contribution < 1.29 is 0 Å². The van der Waals surface area contributed by atoms with Crippen LogP contribution < -0.4 is 0 Å². The van der Waals surface area contributed by atoms with Crippen LogP contribution in [0.15, 0.2) is 57.5 Å². The monoisotopic (exact) mass is 407 g/mol. The zero-order valence-electron chi connectivity index (χ0n) is 10.7. The van der Waals surface area contributed by atoms with Gasteiger partial charge in [0.05, 0.1) is 5.69 Å². The molecule has 0 amide bonds. The molecule has 3 rings (SSSR count). The van der Waals surface area contributed by atoms with Crippen molar-refractivity contribution in [1.29, 1.82) is 0 Å². The summed E-state index contributed by atoms with van der Waals surface area (Å²) in [7, 11) is 0. The molecule has 0 radical (unpaired) electrons. The van der Waals surface area contributed by atoms with Crippen LogP contribution in [0.5, 0.6) is 0 Å². The first kappa shape index (κ1) is 14.0. The molecule has 1 heterocycles. The molecule has 1 aromatic heterocycles. The Morgan fingerprint density at radius 1 is 0.900 bits per heavy atom. The lowest BCUT2D eigenvalue weighted by molar-refractivity contribution is 1.37. The van der Waals surface area contributed by atoms with Gasteiger partial charge in [-0.25, -0.2) is 4.98 Å². The second-order valence-electron chi connectivity index (χ2n) is 4.44. The molecule has 0 spiro atoms. The van der Waals surface area contributed by atoms with Gasteiger partial charge in [0, 0.05) is 24.9 Å². The largest absolute Gasteiger partial charge is 0.236 e. The quantitative estimate of drug-likeness (QED) is 0.484. The van der Waals surface area contributed by atoms with E-state index in [0.717, 1.165) is 30.8 Å². The van der Waals surface area contributed by atoms with Gasteiger partial charge in [0.25, 0.3) is 0 Å². The van der Waals surface area contributed by atoms with Crippen molar-refractivity contribution in [3.05, 3.63) is 62.4 Å². The van der Waals surface area contributed by atoms with Gasteiger partial charge in [-0.15, -0.1) is 11.3 Å². The molecule has 0 aliphatic rings. The smallest absolute Gasteiger partial charge is 0.124 e. The Balaban J connectivity index is 2.08. The molecular formula is C16H11Br2NS. The summed E-state index contributed by atoms with van der Waals surface area (Å²) in [6.45, 7) is 2.12. The molecule has 0 bridgehead atoms. The van der Waals surface area contributed by atoms with Crippen LogP contribution in [0.3, 0.4) is 0 Å². The highest BCUT2D eigenvalue weighted by molar-refractivity contribution is 9.10. The van der Waals surface area contributed by atoms with Gasteiger partial charge in [-0.1, -0.05) is 56.1 Å². The number of aromatic nitrogens is 1. The molecule has 4 heteroatoms. The summed E-state index contributed by atoms with van der Waals surface area (Å²) in [5.74, 6) is 0. The minimum absolute atomic E-state index is 1.05. The van der Waals surface area contributed by atoms with Gasteiger partial charge in [0.2, 0.25) is 0 Å². The second kappa shape index (κ2) is 5.80. The van der Waals surface area contributed by atoms with Crippen molar-refractivity contribution in [2.24, 2.45) is 0 Å². The van der Waals surface area contributed by atoms with Crippen molar-refractivity contribution >= 4 is 43.2 Å². The normalized spacial score (nSPS) is 10.8. The topological polar surface area (TPSA) is 12.9 Å². The molecule has 0 aliphatic heterocycles. The Labute approximate surface area is 139 Å². The maximum Gasteiger partial charge on any atom is 0.124 e. The first-order valence-electron chi connectivity index (χ1n) is 6.13. The Hall–Kier alpha value is -0.970. The molecule has 2 aromatic carbocycles. The van der Waals surface area contributed by atoms with E-state index < -0.39 is 0 Å². The Bertz CT molecular complexity index is 765. The summed E-state index contributed by atoms with van der Waals surface area (Å²) in [4.78, 5) is 6.04. The zero-order chi connectivity index (χ0) is 14.1. The van der Waals surface area contributed by atoms with Gasteiger partial charge in [-0.2, -0.15) is 0 Å². The Morgan fingerprint density at radius 2 is 1.50 bits per heavy atom. The second-order valence-corrected chi connectivity index (χ2v) is 7.48. The molecule has 0 saturated carbocycles. The summed E-state index contributed by atoms with van der Waals surface area (Å²) >= 11 is 8.75. The predicted octanol–water partition coefficient (Wildman–Crippen LogP) is 6.31. The maximum absolute atomic E-state index is 4.81. The number of thiazole rings is 1. The van der Waals surface area contributed by atoms with E-state index in [1.54, 1.807) is 11.3 Å². The maximum atomic E-state index is 4.81. The molecule has 0 unspecified atom stereocenters. The van der Waals surface area contributed by atoms with Crippen molar-refractivity contribution in [2.75, 3.05) is 0 Å². The fourth-order valence-electron chi connectivity index (χ4n) is 2.05. The lowest BCUT2D eigenvalue weighted by atomic mass is 10.1. The minimum atomic E-state index is 1.05. The third-order valence-electron chi connectivity index (χ3n) is 2.97. The molecule has 0 fully saturated rings. The number of benzene rings is 2. The lowest BCUT2D eigenvalue weighted by Gasteiger charge is -1.99. The number of nitrogens with zero attached hydrogens (tertiary/aromatic N) is 1. The third-order valence-corrected chi connectivity index (χ3v) is 4.97. The Morgan fingerprint density at radius 3 is 2.15 bits per heavy atom. The van der Waals surface area contributed by atoms with Gasteiger partial charge < -0.3 is 0 Å². The van der Waals surface area contributed by atoms with Crippen LogP contribution in [-0.2, 0) is 0 Å². The number of aryl methyl sites for hydroxylation is 1. The predicted molar refractivity (Wildman–Crippen MR) is 93.1 cm³/mol. The summed E-state index contributed by atoms with van der Waals surface area (Å²) in [6, 6.07) is 16.5. The van der Waals surface area contributed by atoms with Crippen molar-refractivity contribution in [3.63, 3.8) is 0 Å². The first-order chi connectivity index (χ1) is 9.63. The van der Waals surface area contributed by atoms with Gasteiger partial charge in [0.15, 0.2) is 0 Å². The molecule has 1 nitrogen and oxygen atoms in total. The SMILES string of the molecule is Cc1sc(-c2cccc(Br)c2)nc1-c1cccc(Br)c1.